The summed E-state index contributed by atoms with van der Waals surface area (Å²) in [6.45, 7) is 9.44. The average Bonchev–Trinajstić information content (AvgIpc) is 2.85. The number of benzene rings is 3. The Morgan fingerprint density at radius 1 is 0.914 bits per heavy atom. The van der Waals surface area contributed by atoms with E-state index in [0.717, 1.165) is 17.7 Å². The summed E-state index contributed by atoms with van der Waals surface area (Å²) in [6, 6.07) is 22.4. The summed E-state index contributed by atoms with van der Waals surface area (Å²) < 4.78 is 5.34. The zero-order chi connectivity index (χ0) is 25.2. The predicted octanol–water partition coefficient (Wildman–Crippen LogP) is 7.78. The summed E-state index contributed by atoms with van der Waals surface area (Å²) >= 11 is 0. The lowest BCUT2D eigenvalue weighted by atomic mass is 9.62. The van der Waals surface area contributed by atoms with Gasteiger partial charge in [0.25, 0.3) is 0 Å². The van der Waals surface area contributed by atoms with Crippen LogP contribution in [0.4, 0.5) is 0 Å². The zero-order valence-electron chi connectivity index (χ0n) is 21.5. The van der Waals surface area contributed by atoms with E-state index in [2.05, 4.69) is 70.2 Å². The molecule has 0 spiro atoms. The van der Waals surface area contributed by atoms with E-state index in [9.17, 15) is 9.90 Å². The molecule has 1 aliphatic rings. The molecular weight excluding hydrogens is 432 g/mol. The number of hydrogen-bond acceptors (Lipinski definition) is 2. The highest BCUT2D eigenvalue weighted by atomic mass is 16.5. The van der Waals surface area contributed by atoms with Crippen LogP contribution in [0.2, 0.25) is 0 Å². The highest BCUT2D eigenvalue weighted by Gasteiger charge is 2.37. The molecule has 182 valence electrons. The SMILES string of the molecule is COc1ccc(CC(C=Cc2ccc(C(=O)O)cc2)c2ccc3c(c2)C(C)(C)CCC3(C)C)cc1. The summed E-state index contributed by atoms with van der Waals surface area (Å²) in [5, 5.41) is 9.19. The number of aromatic carboxylic acids is 1. The fourth-order valence-electron chi connectivity index (χ4n) is 5.11. The van der Waals surface area contributed by atoms with Gasteiger partial charge in [0.15, 0.2) is 0 Å². The van der Waals surface area contributed by atoms with Crippen LogP contribution in [-0.2, 0) is 17.3 Å². The van der Waals surface area contributed by atoms with Gasteiger partial charge in [-0.25, -0.2) is 4.79 Å². The van der Waals surface area contributed by atoms with Gasteiger partial charge in [0.1, 0.15) is 5.75 Å². The van der Waals surface area contributed by atoms with Gasteiger partial charge in [-0.3, -0.25) is 0 Å². The third kappa shape index (κ3) is 5.51. The molecule has 1 atom stereocenters. The van der Waals surface area contributed by atoms with Crippen molar-refractivity contribution in [2.45, 2.75) is 63.7 Å². The molecule has 1 unspecified atom stereocenters. The number of methoxy groups -OCH3 is 1. The molecular formula is C32H36O3. The van der Waals surface area contributed by atoms with Crippen LogP contribution in [0.15, 0.2) is 72.8 Å². The van der Waals surface area contributed by atoms with E-state index in [4.69, 9.17) is 4.74 Å². The highest BCUT2D eigenvalue weighted by molar-refractivity contribution is 5.87. The number of hydrogen-bond donors (Lipinski definition) is 1. The van der Waals surface area contributed by atoms with Gasteiger partial charge in [-0.1, -0.05) is 82.3 Å². The second-order valence-electron chi connectivity index (χ2n) is 11.0. The van der Waals surface area contributed by atoms with E-state index in [1.807, 2.05) is 24.3 Å². The van der Waals surface area contributed by atoms with Gasteiger partial charge >= 0.3 is 5.97 Å². The van der Waals surface area contributed by atoms with E-state index >= 15 is 0 Å². The molecule has 3 nitrogen and oxygen atoms in total. The fraction of sp³-hybridized carbons (Fsp3) is 0.344. The van der Waals surface area contributed by atoms with Crippen LogP contribution < -0.4 is 4.74 Å². The summed E-state index contributed by atoms with van der Waals surface area (Å²) in [7, 11) is 1.69. The van der Waals surface area contributed by atoms with Crippen LogP contribution >= 0.6 is 0 Å². The van der Waals surface area contributed by atoms with Crippen LogP contribution in [-0.4, -0.2) is 18.2 Å². The molecule has 0 bridgehead atoms. The minimum atomic E-state index is -0.905. The van der Waals surface area contributed by atoms with E-state index < -0.39 is 5.97 Å². The van der Waals surface area contributed by atoms with E-state index in [1.165, 1.54) is 35.1 Å². The molecule has 3 aromatic rings. The van der Waals surface area contributed by atoms with Crippen molar-refractivity contribution < 1.29 is 14.6 Å². The summed E-state index contributed by atoms with van der Waals surface area (Å²) in [6.07, 6.45) is 7.62. The molecule has 3 aromatic carbocycles. The van der Waals surface area contributed by atoms with Crippen molar-refractivity contribution in [2.75, 3.05) is 7.11 Å². The predicted molar refractivity (Wildman–Crippen MR) is 144 cm³/mol. The minimum Gasteiger partial charge on any atom is -0.497 e. The number of ether oxygens (including phenoxy) is 1. The molecule has 0 saturated heterocycles. The van der Waals surface area contributed by atoms with Crippen molar-refractivity contribution in [3.63, 3.8) is 0 Å². The van der Waals surface area contributed by atoms with Crippen LogP contribution in [0.5, 0.6) is 5.75 Å². The van der Waals surface area contributed by atoms with Gasteiger partial charge in [0, 0.05) is 5.92 Å². The topological polar surface area (TPSA) is 46.5 Å². The van der Waals surface area contributed by atoms with Crippen molar-refractivity contribution in [3.05, 3.63) is 106 Å². The van der Waals surface area contributed by atoms with Gasteiger partial charge < -0.3 is 9.84 Å². The number of carboxylic acid groups (broad SMARTS) is 1. The lowest BCUT2D eigenvalue weighted by Crippen LogP contribution is -2.34. The van der Waals surface area contributed by atoms with Crippen molar-refractivity contribution in [3.8, 4) is 5.75 Å². The first-order valence-corrected chi connectivity index (χ1v) is 12.4. The zero-order valence-corrected chi connectivity index (χ0v) is 21.5. The Morgan fingerprint density at radius 3 is 2.14 bits per heavy atom. The second kappa shape index (κ2) is 9.73. The smallest absolute Gasteiger partial charge is 0.335 e. The third-order valence-corrected chi connectivity index (χ3v) is 7.60. The molecule has 1 N–H and O–H groups in total. The molecule has 3 heteroatoms. The summed E-state index contributed by atoms with van der Waals surface area (Å²) in [5.74, 6) is 0.142. The molecule has 0 fully saturated rings. The van der Waals surface area contributed by atoms with Crippen LogP contribution in [0.3, 0.4) is 0 Å². The number of fused-ring (bicyclic) bond motifs is 1. The Kier molecular flexibility index (Phi) is 6.89. The molecule has 0 amide bonds. The first-order chi connectivity index (χ1) is 16.6. The van der Waals surface area contributed by atoms with Crippen LogP contribution in [0.1, 0.15) is 84.6 Å². The summed E-state index contributed by atoms with van der Waals surface area (Å²) in [4.78, 5) is 11.2. The van der Waals surface area contributed by atoms with E-state index in [1.54, 1.807) is 19.2 Å². The molecule has 4 rings (SSSR count). The van der Waals surface area contributed by atoms with Gasteiger partial charge in [0.2, 0.25) is 0 Å². The van der Waals surface area contributed by atoms with Gasteiger partial charge in [-0.05, 0) is 82.2 Å². The van der Waals surface area contributed by atoms with Crippen molar-refractivity contribution in [1.82, 2.24) is 0 Å². The normalized spacial score (nSPS) is 17.1. The quantitative estimate of drug-likeness (QED) is 0.385. The molecule has 1 aliphatic carbocycles. The first kappa shape index (κ1) is 24.8. The number of rotatable bonds is 7. The Bertz CT molecular complexity index is 1210. The molecule has 0 radical (unpaired) electrons. The lowest BCUT2D eigenvalue weighted by molar-refractivity contribution is 0.0697. The standard InChI is InChI=1S/C32H36O3/c1-31(2)18-19-32(3,4)29-21-26(14-17-28(29)31)25(20-23-9-15-27(35-5)16-10-23)13-8-22-6-11-24(12-7-22)30(33)34/h6-17,21,25H,18-20H2,1-5H3,(H,33,34). The Hall–Kier alpha value is -3.33. The molecule has 0 aliphatic heterocycles. The molecule has 35 heavy (non-hydrogen) atoms. The van der Waals surface area contributed by atoms with Gasteiger partial charge in [-0.15, -0.1) is 0 Å². The number of carbonyl (C=O) groups is 1. The molecule has 0 aromatic heterocycles. The van der Waals surface area contributed by atoms with Crippen molar-refractivity contribution in [2.24, 2.45) is 0 Å². The van der Waals surface area contributed by atoms with Crippen molar-refractivity contribution in [1.29, 1.82) is 0 Å². The van der Waals surface area contributed by atoms with Crippen LogP contribution in [0, 0.1) is 0 Å². The number of allylic oxidation sites excluding steroid dienone is 1. The maximum atomic E-state index is 11.2. The second-order valence-corrected chi connectivity index (χ2v) is 11.0. The third-order valence-electron chi connectivity index (χ3n) is 7.60. The number of carboxylic acids is 1. The first-order valence-electron chi connectivity index (χ1n) is 12.4. The Morgan fingerprint density at radius 2 is 1.54 bits per heavy atom. The van der Waals surface area contributed by atoms with Crippen molar-refractivity contribution >= 4 is 12.0 Å². The maximum Gasteiger partial charge on any atom is 0.335 e. The van der Waals surface area contributed by atoms with Gasteiger partial charge in [-0.2, -0.15) is 0 Å². The lowest BCUT2D eigenvalue weighted by Gasteiger charge is -2.42. The molecule has 0 heterocycles. The highest BCUT2D eigenvalue weighted by Crippen LogP contribution is 2.46. The largest absolute Gasteiger partial charge is 0.497 e. The maximum absolute atomic E-state index is 11.2. The van der Waals surface area contributed by atoms with E-state index in [-0.39, 0.29) is 16.7 Å². The Labute approximate surface area is 209 Å². The fourth-order valence-corrected chi connectivity index (χ4v) is 5.11. The van der Waals surface area contributed by atoms with E-state index in [0.29, 0.717) is 5.56 Å². The monoisotopic (exact) mass is 468 g/mol. The van der Waals surface area contributed by atoms with Crippen LogP contribution in [0.25, 0.3) is 6.08 Å². The Balaban J connectivity index is 1.71. The molecule has 0 saturated carbocycles. The van der Waals surface area contributed by atoms with Gasteiger partial charge in [0.05, 0.1) is 12.7 Å². The summed E-state index contributed by atoms with van der Waals surface area (Å²) in [5.41, 5.74) is 7.13. The average molecular weight is 469 g/mol. The minimum absolute atomic E-state index is 0.155.